The molecule has 5 heterocycles. The molecular formula is C19H22N2O4. The van der Waals surface area contributed by atoms with E-state index in [0.717, 1.165) is 23.7 Å². The number of hydrogen-bond acceptors (Lipinski definition) is 4. The molecule has 5 unspecified atom stereocenters. The van der Waals surface area contributed by atoms with E-state index in [1.807, 2.05) is 24.3 Å². The normalized spacial score (nSPS) is 39.5. The van der Waals surface area contributed by atoms with E-state index in [2.05, 4.69) is 4.98 Å². The fourth-order valence-corrected chi connectivity index (χ4v) is 5.31. The Morgan fingerprint density at radius 3 is 2.68 bits per heavy atom. The lowest BCUT2D eigenvalue weighted by molar-refractivity contribution is -0.955. The standard InChI is InChI=1S/C19H22N2O4/c22-18-10-21(24)12-5-11(18)6-13(21)8-14(7-12)25-19(23)16-9-20-17-4-2-1-3-15(16)17/h1-4,9,11-14,18,20,22H,5-8,10H2/t11?,12-,13?,14?,18?,21?/m0/s1. The van der Waals surface area contributed by atoms with Gasteiger partial charge in [-0.3, -0.25) is 0 Å². The largest absolute Gasteiger partial charge is 0.632 e. The first-order chi connectivity index (χ1) is 12.0. The molecule has 1 aromatic carbocycles. The first-order valence-corrected chi connectivity index (χ1v) is 9.08. The highest BCUT2D eigenvalue weighted by Gasteiger charge is 2.56. The lowest BCUT2D eigenvalue weighted by atomic mass is 9.70. The summed E-state index contributed by atoms with van der Waals surface area (Å²) in [5.74, 6) is -0.0747. The van der Waals surface area contributed by atoms with E-state index in [1.165, 1.54) is 0 Å². The molecule has 4 bridgehead atoms. The Kier molecular flexibility index (Phi) is 3.26. The Balaban J connectivity index is 1.34. The summed E-state index contributed by atoms with van der Waals surface area (Å²) in [6.45, 7) is 0.309. The summed E-state index contributed by atoms with van der Waals surface area (Å²) in [7, 11) is 0. The summed E-state index contributed by atoms with van der Waals surface area (Å²) in [4.78, 5) is 15.7. The van der Waals surface area contributed by atoms with Gasteiger partial charge in [-0.1, -0.05) is 18.2 Å². The smallest absolute Gasteiger partial charge is 0.340 e. The van der Waals surface area contributed by atoms with E-state index >= 15 is 0 Å². The number of piperidine rings is 4. The maximum Gasteiger partial charge on any atom is 0.340 e. The van der Waals surface area contributed by atoms with E-state index in [9.17, 15) is 15.1 Å². The number of carbonyl (C=O) groups excluding carboxylic acids is 1. The van der Waals surface area contributed by atoms with Crippen LogP contribution in [-0.2, 0) is 4.74 Å². The number of nitrogens with one attached hydrogen (secondary N) is 1. The van der Waals surface area contributed by atoms with Gasteiger partial charge in [-0.05, 0) is 6.07 Å². The Morgan fingerprint density at radius 1 is 1.20 bits per heavy atom. The van der Waals surface area contributed by atoms with Crippen LogP contribution in [0.1, 0.15) is 36.0 Å². The molecule has 0 radical (unpaired) electrons. The van der Waals surface area contributed by atoms with Gasteiger partial charge in [0.2, 0.25) is 0 Å². The first kappa shape index (κ1) is 15.4. The molecule has 132 valence electrons. The molecule has 2 aromatic rings. The number of aromatic nitrogens is 1. The lowest BCUT2D eigenvalue weighted by Gasteiger charge is -2.66. The fourth-order valence-electron chi connectivity index (χ4n) is 5.31. The van der Waals surface area contributed by atoms with E-state index < -0.39 is 6.10 Å². The molecule has 0 saturated carbocycles. The Labute approximate surface area is 145 Å². The number of benzene rings is 1. The molecule has 2 N–H and O–H groups in total. The monoisotopic (exact) mass is 342 g/mol. The maximum absolute atomic E-state index is 13.2. The van der Waals surface area contributed by atoms with Crippen LogP contribution in [0, 0.1) is 11.1 Å². The molecule has 4 aliphatic heterocycles. The predicted molar refractivity (Wildman–Crippen MR) is 91.5 cm³/mol. The summed E-state index contributed by atoms with van der Waals surface area (Å²) in [5.41, 5.74) is 1.46. The topological polar surface area (TPSA) is 85.4 Å². The Bertz CT molecular complexity index is 816. The van der Waals surface area contributed by atoms with Crippen LogP contribution in [0.4, 0.5) is 0 Å². The number of rotatable bonds is 2. The second-order valence-electron chi connectivity index (χ2n) is 7.89. The number of aliphatic hydroxyl groups excluding tert-OH is 1. The number of aromatic amines is 1. The second kappa shape index (κ2) is 5.30. The van der Waals surface area contributed by atoms with E-state index in [4.69, 9.17) is 4.74 Å². The molecule has 0 spiro atoms. The third-order valence-electron chi connectivity index (χ3n) is 6.56. The minimum absolute atomic E-state index is 0.0401. The average molecular weight is 342 g/mol. The number of esters is 1. The van der Waals surface area contributed by atoms with Crippen LogP contribution in [0.25, 0.3) is 10.9 Å². The van der Waals surface area contributed by atoms with Gasteiger partial charge in [0.1, 0.15) is 18.8 Å². The first-order valence-electron chi connectivity index (χ1n) is 9.08. The number of hydroxylamine groups is 3. The van der Waals surface area contributed by atoms with Crippen molar-refractivity contribution < 1.29 is 19.3 Å². The Hall–Kier alpha value is -1.89. The van der Waals surface area contributed by atoms with Crippen LogP contribution in [0.3, 0.4) is 0 Å². The zero-order valence-corrected chi connectivity index (χ0v) is 13.9. The van der Waals surface area contributed by atoms with Crippen molar-refractivity contribution >= 4 is 16.9 Å². The summed E-state index contributed by atoms with van der Waals surface area (Å²) < 4.78 is 5.51. The SMILES string of the molecule is O=C(OC1CC2CC3C[C@@H](C1)[N+]2([O-])CC3O)c1c[nH]c2ccccc12. The summed E-state index contributed by atoms with van der Waals surface area (Å²) in [6, 6.07) is 7.58. The molecule has 1 aromatic heterocycles. The van der Waals surface area contributed by atoms with Gasteiger partial charge in [-0.25, -0.2) is 4.79 Å². The number of fused-ring (bicyclic) bond motifs is 2. The number of carbonyl (C=O) groups is 1. The molecule has 4 saturated heterocycles. The lowest BCUT2D eigenvalue weighted by Crippen LogP contribution is -2.73. The third kappa shape index (κ3) is 2.25. The van der Waals surface area contributed by atoms with Crippen molar-refractivity contribution in [1.82, 2.24) is 4.98 Å². The van der Waals surface area contributed by atoms with Crippen molar-refractivity contribution in [1.29, 1.82) is 0 Å². The van der Waals surface area contributed by atoms with E-state index in [0.29, 0.717) is 24.9 Å². The molecule has 4 aliphatic rings. The third-order valence-corrected chi connectivity index (χ3v) is 6.56. The number of para-hydroxylation sites is 1. The highest BCUT2D eigenvalue weighted by atomic mass is 16.6. The minimum Gasteiger partial charge on any atom is -0.632 e. The maximum atomic E-state index is 13.2. The predicted octanol–water partition coefficient (Wildman–Crippen LogP) is 2.32. The number of nitrogens with zero attached hydrogens (tertiary/aromatic N) is 1. The zero-order valence-electron chi connectivity index (χ0n) is 13.9. The average Bonchev–Trinajstić information content (AvgIpc) is 2.99. The van der Waals surface area contributed by atoms with Crippen molar-refractivity contribution in [2.75, 3.05) is 6.54 Å². The molecule has 6 rings (SSSR count). The van der Waals surface area contributed by atoms with Gasteiger partial charge in [0.25, 0.3) is 0 Å². The van der Waals surface area contributed by atoms with E-state index in [1.54, 1.807) is 6.20 Å². The number of quaternary nitrogens is 1. The number of hydrogen-bond donors (Lipinski definition) is 2. The number of H-pyrrole nitrogens is 1. The van der Waals surface area contributed by atoms with Gasteiger partial charge >= 0.3 is 5.97 Å². The molecule has 0 amide bonds. The fraction of sp³-hybridized carbons (Fsp3) is 0.526. The quantitative estimate of drug-likeness (QED) is 0.498. The molecule has 6 heteroatoms. The van der Waals surface area contributed by atoms with Crippen molar-refractivity contribution in [3.8, 4) is 0 Å². The van der Waals surface area contributed by atoms with Crippen LogP contribution < -0.4 is 0 Å². The molecule has 0 aliphatic carbocycles. The van der Waals surface area contributed by atoms with Gasteiger partial charge in [0.05, 0.1) is 17.6 Å². The summed E-state index contributed by atoms with van der Waals surface area (Å²) >= 11 is 0. The molecule has 25 heavy (non-hydrogen) atoms. The van der Waals surface area contributed by atoms with Gasteiger partial charge in [-0.2, -0.15) is 0 Å². The van der Waals surface area contributed by atoms with Crippen LogP contribution in [0.2, 0.25) is 0 Å². The van der Waals surface area contributed by atoms with Gasteiger partial charge in [-0.15, -0.1) is 0 Å². The van der Waals surface area contributed by atoms with Gasteiger partial charge in [0, 0.05) is 48.7 Å². The Morgan fingerprint density at radius 2 is 1.92 bits per heavy atom. The van der Waals surface area contributed by atoms with E-state index in [-0.39, 0.29) is 34.7 Å². The number of aliphatic hydroxyl groups is 1. The van der Waals surface area contributed by atoms with Crippen LogP contribution in [0.15, 0.2) is 30.5 Å². The van der Waals surface area contributed by atoms with Crippen molar-refractivity contribution in [2.24, 2.45) is 5.92 Å². The summed E-state index contributed by atoms with van der Waals surface area (Å²) in [5, 5.41) is 24.1. The van der Waals surface area contributed by atoms with Crippen LogP contribution in [-0.4, -0.2) is 51.5 Å². The van der Waals surface area contributed by atoms with Gasteiger partial charge in [0.15, 0.2) is 0 Å². The highest BCUT2D eigenvalue weighted by molar-refractivity contribution is 6.04. The van der Waals surface area contributed by atoms with Crippen LogP contribution >= 0.6 is 0 Å². The minimum atomic E-state index is -0.463. The van der Waals surface area contributed by atoms with Gasteiger partial charge < -0.3 is 24.7 Å². The van der Waals surface area contributed by atoms with Crippen molar-refractivity contribution in [2.45, 2.75) is 50.0 Å². The molecular weight excluding hydrogens is 320 g/mol. The zero-order chi connectivity index (χ0) is 17.2. The summed E-state index contributed by atoms with van der Waals surface area (Å²) in [6.07, 6.45) is 3.75. The van der Waals surface area contributed by atoms with Crippen molar-refractivity contribution in [3.05, 3.63) is 41.2 Å². The molecule has 6 atom stereocenters. The molecule has 6 nitrogen and oxygen atoms in total. The van der Waals surface area contributed by atoms with Crippen LogP contribution in [0.5, 0.6) is 0 Å². The van der Waals surface area contributed by atoms with Crippen molar-refractivity contribution in [3.63, 3.8) is 0 Å². The molecule has 4 fully saturated rings. The highest BCUT2D eigenvalue weighted by Crippen LogP contribution is 2.48. The second-order valence-corrected chi connectivity index (χ2v) is 7.89. The number of ether oxygens (including phenoxy) is 1.